The van der Waals surface area contributed by atoms with E-state index < -0.39 is 45.1 Å². The molecule has 0 aromatic carbocycles. The van der Waals surface area contributed by atoms with Gasteiger partial charge in [-0.15, -0.1) is 0 Å². The smallest absolute Gasteiger partial charge is 0.756 e. The zero-order chi connectivity index (χ0) is 12.5. The van der Waals surface area contributed by atoms with E-state index in [0.29, 0.717) is 0 Å². The van der Waals surface area contributed by atoms with Crippen molar-refractivity contribution in [3.05, 3.63) is 0 Å². The van der Waals surface area contributed by atoms with E-state index in [2.05, 4.69) is 9.26 Å². The molecule has 11 heteroatoms. The Morgan fingerprint density at radius 1 is 1.24 bits per heavy atom. The maximum absolute atomic E-state index is 10.4. The van der Waals surface area contributed by atoms with Crippen LogP contribution >= 0.6 is 7.82 Å². The fraction of sp³-hybridized carbons (Fsp3) is 1.00. The van der Waals surface area contributed by atoms with Gasteiger partial charge in [0, 0.05) is 0 Å². The van der Waals surface area contributed by atoms with Crippen LogP contribution in [0.4, 0.5) is 0 Å². The molecule has 0 aliphatic carbocycles. The summed E-state index contributed by atoms with van der Waals surface area (Å²) in [6, 6.07) is 0. The Balaban J connectivity index is 0.00000256. The first-order chi connectivity index (χ1) is 7.26. The van der Waals surface area contributed by atoms with Crippen LogP contribution in [0.1, 0.15) is 0 Å². The van der Waals surface area contributed by atoms with Crippen LogP contribution in [0, 0.1) is 0 Å². The minimum atomic E-state index is -5.16. The van der Waals surface area contributed by atoms with Crippen molar-refractivity contribution in [2.75, 3.05) is 6.61 Å². The van der Waals surface area contributed by atoms with Gasteiger partial charge in [0.05, 0.1) is 6.61 Å². The van der Waals surface area contributed by atoms with Gasteiger partial charge >= 0.3 is 51.4 Å². The Morgan fingerprint density at radius 3 is 2.18 bits per heavy atom. The van der Waals surface area contributed by atoms with Crippen molar-refractivity contribution >= 4 is 7.82 Å². The van der Waals surface area contributed by atoms with E-state index >= 15 is 0 Å². The average Bonchev–Trinajstić information content (AvgIpc) is 2.17. The third-order valence-electron chi connectivity index (χ3n) is 2.09. The van der Waals surface area contributed by atoms with Gasteiger partial charge in [0.15, 0.2) is 6.29 Å². The van der Waals surface area contributed by atoms with Gasteiger partial charge in [-0.3, -0.25) is 9.09 Å². The summed E-state index contributed by atoms with van der Waals surface area (Å²) in [7, 11) is -5.16. The molecule has 9 nitrogen and oxygen atoms in total. The van der Waals surface area contributed by atoms with Crippen LogP contribution in [0.25, 0.3) is 0 Å². The molecule has 1 rings (SSSR count). The molecule has 1 unspecified atom stereocenters. The number of aliphatic hydroxyl groups is 4. The number of hydrogen-bond donors (Lipinski definition) is 5. The Bertz CT molecular complexity index is 281. The van der Waals surface area contributed by atoms with E-state index in [1.807, 2.05) is 0 Å². The molecule has 0 amide bonds. The van der Waals surface area contributed by atoms with E-state index in [0.717, 1.165) is 0 Å². The van der Waals surface area contributed by atoms with E-state index in [-0.39, 0.29) is 51.4 Å². The number of rotatable bonds is 3. The summed E-state index contributed by atoms with van der Waals surface area (Å²) in [5, 5.41) is 36.5. The predicted molar refractivity (Wildman–Crippen MR) is 44.7 cm³/mol. The van der Waals surface area contributed by atoms with Crippen LogP contribution in [0.15, 0.2) is 0 Å². The first-order valence-electron chi connectivity index (χ1n) is 4.29. The molecule has 96 valence electrons. The van der Waals surface area contributed by atoms with Crippen LogP contribution in [-0.2, 0) is 13.8 Å². The van der Waals surface area contributed by atoms with Crippen molar-refractivity contribution in [1.29, 1.82) is 0 Å². The van der Waals surface area contributed by atoms with Gasteiger partial charge in [-0.05, 0) is 0 Å². The zero-order valence-corrected chi connectivity index (χ0v) is 12.9. The molecule has 0 aromatic heterocycles. The van der Waals surface area contributed by atoms with Gasteiger partial charge in [-0.25, -0.2) is 0 Å². The second-order valence-electron chi connectivity index (χ2n) is 3.27. The molecule has 6 atom stereocenters. The first-order valence-corrected chi connectivity index (χ1v) is 5.78. The van der Waals surface area contributed by atoms with Gasteiger partial charge < -0.3 is 34.9 Å². The normalized spacial score (nSPS) is 41.4. The SMILES string of the molecule is O=P([O-])(O)O[C@H]1O[C@H](CO)[C@@H](O)[C@H](O)[C@H]1O.[K+]. The molecule has 0 aromatic rings. The monoisotopic (exact) mass is 298 g/mol. The fourth-order valence-corrected chi connectivity index (χ4v) is 1.72. The summed E-state index contributed by atoms with van der Waals surface area (Å²) < 4.78 is 19.0. The van der Waals surface area contributed by atoms with Gasteiger partial charge in [-0.1, -0.05) is 0 Å². The molecule has 0 bridgehead atoms. The molecule has 1 aliphatic heterocycles. The zero-order valence-electron chi connectivity index (χ0n) is 8.91. The van der Waals surface area contributed by atoms with Crippen molar-refractivity contribution in [3.63, 3.8) is 0 Å². The second-order valence-corrected chi connectivity index (χ2v) is 4.42. The maximum atomic E-state index is 10.4. The standard InChI is InChI=1S/C6H13O9P.K/c7-1-2-3(8)4(9)5(10)6(14-2)15-16(11,12)13;/h2-10H,1H2,(H2,11,12,13);/q;+1/p-1/t2-,3-,4+,5-,6-;/m1./s1. The van der Waals surface area contributed by atoms with Gasteiger partial charge in [0.1, 0.15) is 24.4 Å². The molecular weight excluding hydrogens is 286 g/mol. The molecule has 1 saturated heterocycles. The maximum Gasteiger partial charge on any atom is 1.00 e. The Morgan fingerprint density at radius 2 is 1.76 bits per heavy atom. The Hall–Kier alpha value is 1.55. The fourth-order valence-electron chi connectivity index (χ4n) is 1.29. The number of hydrogen-bond acceptors (Lipinski definition) is 8. The van der Waals surface area contributed by atoms with E-state index in [9.17, 15) is 24.8 Å². The second kappa shape index (κ2) is 7.36. The Kier molecular flexibility index (Phi) is 8.03. The third kappa shape index (κ3) is 5.20. The van der Waals surface area contributed by atoms with E-state index in [1.165, 1.54) is 0 Å². The molecule has 1 fully saturated rings. The van der Waals surface area contributed by atoms with Crippen LogP contribution < -0.4 is 56.3 Å². The predicted octanol–water partition coefficient (Wildman–Crippen LogP) is -6.73. The summed E-state index contributed by atoms with van der Waals surface area (Å²) in [4.78, 5) is 18.8. The molecular formula is C6H12KO9P. The number of aliphatic hydroxyl groups excluding tert-OH is 4. The van der Waals surface area contributed by atoms with Crippen LogP contribution in [0.2, 0.25) is 0 Å². The van der Waals surface area contributed by atoms with E-state index in [4.69, 9.17) is 10.00 Å². The molecule has 0 saturated carbocycles. The minimum absolute atomic E-state index is 0. The van der Waals surface area contributed by atoms with Gasteiger partial charge in [0.25, 0.3) is 7.82 Å². The summed E-state index contributed by atoms with van der Waals surface area (Å²) in [5.74, 6) is 0. The molecule has 0 spiro atoms. The first kappa shape index (κ1) is 18.5. The van der Waals surface area contributed by atoms with Gasteiger partial charge in [-0.2, -0.15) is 0 Å². The summed E-state index contributed by atoms with van der Waals surface area (Å²) in [5.41, 5.74) is 0. The van der Waals surface area contributed by atoms with Crippen molar-refractivity contribution in [1.82, 2.24) is 0 Å². The van der Waals surface area contributed by atoms with Crippen LogP contribution in [0.3, 0.4) is 0 Å². The number of phosphoric acid groups is 1. The molecule has 1 heterocycles. The molecule has 5 N–H and O–H groups in total. The average molecular weight is 298 g/mol. The minimum Gasteiger partial charge on any atom is -0.756 e. The summed E-state index contributed by atoms with van der Waals surface area (Å²) in [6.07, 6.45) is -8.43. The van der Waals surface area contributed by atoms with Gasteiger partial charge in [0.2, 0.25) is 0 Å². The molecule has 17 heavy (non-hydrogen) atoms. The van der Waals surface area contributed by atoms with Crippen molar-refractivity contribution in [2.45, 2.75) is 30.7 Å². The summed E-state index contributed by atoms with van der Waals surface area (Å²) >= 11 is 0. The molecule has 1 aliphatic rings. The summed E-state index contributed by atoms with van der Waals surface area (Å²) in [6.45, 7) is -0.723. The topological polar surface area (TPSA) is 160 Å². The van der Waals surface area contributed by atoms with Crippen LogP contribution in [0.5, 0.6) is 0 Å². The largest absolute Gasteiger partial charge is 1.00 e. The van der Waals surface area contributed by atoms with Crippen LogP contribution in [-0.4, -0.2) is 62.6 Å². The number of ether oxygens (including phenoxy) is 1. The van der Waals surface area contributed by atoms with Crippen molar-refractivity contribution < 1.29 is 95.4 Å². The van der Waals surface area contributed by atoms with E-state index in [1.54, 1.807) is 0 Å². The van der Waals surface area contributed by atoms with Crippen molar-refractivity contribution in [3.8, 4) is 0 Å². The number of phosphoric ester groups is 1. The van der Waals surface area contributed by atoms with Crippen molar-refractivity contribution in [2.24, 2.45) is 0 Å². The Labute approximate surface area is 139 Å². The quantitative estimate of drug-likeness (QED) is 0.252. The third-order valence-corrected chi connectivity index (χ3v) is 2.56. The molecule has 0 radical (unpaired) electrons.